The van der Waals surface area contributed by atoms with Crippen molar-refractivity contribution in [3.8, 4) is 0 Å². The first-order valence-corrected chi connectivity index (χ1v) is 8.02. The highest BCUT2D eigenvalue weighted by Crippen LogP contribution is 2.26. The van der Waals surface area contributed by atoms with Crippen LogP contribution in [0.4, 0.5) is 5.69 Å². The van der Waals surface area contributed by atoms with Crippen LogP contribution < -0.4 is 5.32 Å². The van der Waals surface area contributed by atoms with Crippen molar-refractivity contribution in [3.05, 3.63) is 58.6 Å². The third kappa shape index (κ3) is 4.51. The molecule has 0 aliphatic rings. The summed E-state index contributed by atoms with van der Waals surface area (Å²) in [7, 11) is 0. The lowest BCUT2D eigenvalue weighted by atomic mass is 10.1. The fraction of sp³-hybridized carbons (Fsp3) is 0.235. The van der Waals surface area contributed by atoms with Crippen LogP contribution in [0.5, 0.6) is 0 Å². The number of thioether (sulfide) groups is 1. The molecule has 2 aromatic carbocycles. The van der Waals surface area contributed by atoms with Gasteiger partial charge in [-0.2, -0.15) is 0 Å². The maximum Gasteiger partial charge on any atom is 0.237 e. The van der Waals surface area contributed by atoms with Crippen LogP contribution in [0.15, 0.2) is 47.4 Å². The van der Waals surface area contributed by atoms with Crippen LogP contribution in [0.25, 0.3) is 0 Å². The molecule has 2 rings (SSSR count). The molecule has 0 fully saturated rings. The van der Waals surface area contributed by atoms with E-state index in [0.717, 1.165) is 21.7 Å². The van der Waals surface area contributed by atoms with Crippen molar-refractivity contribution >= 4 is 35.0 Å². The molecule has 0 heterocycles. The normalized spacial score (nSPS) is 12.0. The van der Waals surface area contributed by atoms with Gasteiger partial charge in [-0.25, -0.2) is 0 Å². The van der Waals surface area contributed by atoms with Gasteiger partial charge in [0.2, 0.25) is 5.91 Å². The van der Waals surface area contributed by atoms with Gasteiger partial charge in [-0.05, 0) is 62.2 Å². The SMILES string of the molecule is Cc1ccc(C)c(NC(=O)[C@@H](C)Sc2ccc(Cl)cc2)c1. The molecule has 21 heavy (non-hydrogen) atoms. The number of anilines is 1. The first kappa shape index (κ1) is 15.9. The summed E-state index contributed by atoms with van der Waals surface area (Å²) in [5.74, 6) is 0.00338. The van der Waals surface area contributed by atoms with Crippen molar-refractivity contribution < 1.29 is 4.79 Å². The quantitative estimate of drug-likeness (QED) is 0.796. The van der Waals surface area contributed by atoms with E-state index < -0.39 is 0 Å². The minimum atomic E-state index is -0.175. The topological polar surface area (TPSA) is 29.1 Å². The molecule has 0 saturated carbocycles. The van der Waals surface area contributed by atoms with Gasteiger partial charge in [-0.3, -0.25) is 4.79 Å². The van der Waals surface area contributed by atoms with Crippen LogP contribution in [-0.2, 0) is 4.79 Å². The molecule has 110 valence electrons. The summed E-state index contributed by atoms with van der Waals surface area (Å²) in [6, 6.07) is 13.6. The van der Waals surface area contributed by atoms with E-state index in [1.807, 2.05) is 63.2 Å². The van der Waals surface area contributed by atoms with Crippen molar-refractivity contribution in [2.24, 2.45) is 0 Å². The van der Waals surface area contributed by atoms with Crippen molar-refractivity contribution in [3.63, 3.8) is 0 Å². The highest BCUT2D eigenvalue weighted by Gasteiger charge is 2.15. The van der Waals surface area contributed by atoms with Gasteiger partial charge in [-0.15, -0.1) is 11.8 Å². The van der Waals surface area contributed by atoms with Crippen LogP contribution in [0.3, 0.4) is 0 Å². The molecule has 4 heteroatoms. The first-order valence-electron chi connectivity index (χ1n) is 6.76. The number of hydrogen-bond acceptors (Lipinski definition) is 2. The Morgan fingerprint density at radius 2 is 1.81 bits per heavy atom. The zero-order chi connectivity index (χ0) is 15.4. The van der Waals surface area contributed by atoms with E-state index in [1.54, 1.807) is 0 Å². The number of amides is 1. The third-order valence-electron chi connectivity index (χ3n) is 3.15. The molecule has 0 unspecified atom stereocenters. The molecule has 0 aliphatic heterocycles. The predicted octanol–water partition coefficient (Wildman–Crippen LogP) is 5.08. The highest BCUT2D eigenvalue weighted by atomic mass is 35.5. The van der Waals surface area contributed by atoms with E-state index in [4.69, 9.17) is 11.6 Å². The molecule has 0 bridgehead atoms. The summed E-state index contributed by atoms with van der Waals surface area (Å²) in [4.78, 5) is 13.3. The standard InChI is InChI=1S/C17H18ClNOS/c1-11-4-5-12(2)16(10-11)19-17(20)13(3)21-15-8-6-14(18)7-9-15/h4-10,13H,1-3H3,(H,19,20)/t13-/m1/s1. The lowest BCUT2D eigenvalue weighted by molar-refractivity contribution is -0.115. The molecular formula is C17H18ClNOS. The number of nitrogens with one attached hydrogen (secondary N) is 1. The Morgan fingerprint density at radius 3 is 2.48 bits per heavy atom. The number of benzene rings is 2. The Balaban J connectivity index is 2.02. The number of halogens is 1. The molecule has 1 amide bonds. The van der Waals surface area contributed by atoms with Crippen molar-refractivity contribution in [2.75, 3.05) is 5.32 Å². The number of carbonyl (C=O) groups excluding carboxylic acids is 1. The summed E-state index contributed by atoms with van der Waals surface area (Å²) in [6.07, 6.45) is 0. The second-order valence-corrected chi connectivity index (χ2v) is 6.87. The molecule has 0 radical (unpaired) electrons. The monoisotopic (exact) mass is 319 g/mol. The minimum Gasteiger partial charge on any atom is -0.325 e. The van der Waals surface area contributed by atoms with Gasteiger partial charge in [0.25, 0.3) is 0 Å². The van der Waals surface area contributed by atoms with Crippen LogP contribution in [0, 0.1) is 13.8 Å². The molecule has 1 N–H and O–H groups in total. The van der Waals surface area contributed by atoms with Crippen LogP contribution in [-0.4, -0.2) is 11.2 Å². The van der Waals surface area contributed by atoms with E-state index in [2.05, 4.69) is 5.32 Å². The Labute approximate surface area is 134 Å². The molecular weight excluding hydrogens is 302 g/mol. The second-order valence-electron chi connectivity index (χ2n) is 5.02. The van der Waals surface area contributed by atoms with Gasteiger partial charge < -0.3 is 5.32 Å². The van der Waals surface area contributed by atoms with E-state index in [9.17, 15) is 4.79 Å². The molecule has 1 atom stereocenters. The maximum atomic E-state index is 12.3. The van der Waals surface area contributed by atoms with Gasteiger partial charge >= 0.3 is 0 Å². The third-order valence-corrected chi connectivity index (χ3v) is 4.51. The Morgan fingerprint density at radius 1 is 1.14 bits per heavy atom. The van der Waals surface area contributed by atoms with Gasteiger partial charge in [0.15, 0.2) is 0 Å². The zero-order valence-electron chi connectivity index (χ0n) is 12.3. The molecule has 0 saturated heterocycles. The van der Waals surface area contributed by atoms with Crippen molar-refractivity contribution in [2.45, 2.75) is 30.9 Å². The summed E-state index contributed by atoms with van der Waals surface area (Å²) in [5.41, 5.74) is 3.08. The van der Waals surface area contributed by atoms with Gasteiger partial charge in [0.05, 0.1) is 5.25 Å². The molecule has 2 aromatic rings. The van der Waals surface area contributed by atoms with Crippen molar-refractivity contribution in [1.29, 1.82) is 0 Å². The fourth-order valence-electron chi connectivity index (χ4n) is 1.88. The smallest absolute Gasteiger partial charge is 0.237 e. The van der Waals surface area contributed by atoms with E-state index in [1.165, 1.54) is 11.8 Å². The maximum absolute atomic E-state index is 12.3. The van der Waals surface area contributed by atoms with Gasteiger partial charge in [0.1, 0.15) is 0 Å². The van der Waals surface area contributed by atoms with E-state index in [-0.39, 0.29) is 11.2 Å². The predicted molar refractivity (Wildman–Crippen MR) is 91.3 cm³/mol. The molecule has 2 nitrogen and oxygen atoms in total. The number of hydrogen-bond donors (Lipinski definition) is 1. The minimum absolute atomic E-state index is 0.00338. The van der Waals surface area contributed by atoms with Crippen LogP contribution >= 0.6 is 23.4 Å². The summed E-state index contributed by atoms with van der Waals surface area (Å²) in [6.45, 7) is 5.91. The average Bonchev–Trinajstić information content (AvgIpc) is 2.45. The summed E-state index contributed by atoms with van der Waals surface area (Å²) < 4.78 is 0. The number of aryl methyl sites for hydroxylation is 2. The average molecular weight is 320 g/mol. The summed E-state index contributed by atoms with van der Waals surface area (Å²) >= 11 is 7.38. The largest absolute Gasteiger partial charge is 0.325 e. The second kappa shape index (κ2) is 7.01. The molecule has 0 aromatic heterocycles. The Bertz CT molecular complexity index is 640. The lowest BCUT2D eigenvalue weighted by Crippen LogP contribution is -2.22. The highest BCUT2D eigenvalue weighted by molar-refractivity contribution is 8.00. The Kier molecular flexibility index (Phi) is 5.32. The first-order chi connectivity index (χ1) is 9.95. The Hall–Kier alpha value is -1.45. The van der Waals surface area contributed by atoms with Gasteiger partial charge in [0, 0.05) is 15.6 Å². The molecule has 0 aliphatic carbocycles. The number of rotatable bonds is 4. The van der Waals surface area contributed by atoms with Crippen molar-refractivity contribution in [1.82, 2.24) is 0 Å². The zero-order valence-corrected chi connectivity index (χ0v) is 13.9. The number of carbonyl (C=O) groups is 1. The van der Waals surface area contributed by atoms with Crippen LogP contribution in [0.1, 0.15) is 18.1 Å². The van der Waals surface area contributed by atoms with Crippen LogP contribution in [0.2, 0.25) is 5.02 Å². The van der Waals surface area contributed by atoms with E-state index in [0.29, 0.717) is 5.02 Å². The fourth-order valence-corrected chi connectivity index (χ4v) is 2.87. The van der Waals surface area contributed by atoms with Gasteiger partial charge in [-0.1, -0.05) is 23.7 Å². The molecule has 0 spiro atoms. The van der Waals surface area contributed by atoms with E-state index >= 15 is 0 Å². The summed E-state index contributed by atoms with van der Waals surface area (Å²) in [5, 5.41) is 3.52. The lowest BCUT2D eigenvalue weighted by Gasteiger charge is -2.14.